The van der Waals surface area contributed by atoms with Gasteiger partial charge in [-0.2, -0.15) is 0 Å². The molecule has 1 aliphatic rings. The number of rotatable bonds is 4. The van der Waals surface area contributed by atoms with Crippen LogP contribution in [0.4, 0.5) is 0 Å². The molecular formula is C18H21NO2. The highest BCUT2D eigenvalue weighted by molar-refractivity contribution is 5.44. The van der Waals surface area contributed by atoms with Crippen molar-refractivity contribution < 1.29 is 9.84 Å². The van der Waals surface area contributed by atoms with Crippen LogP contribution >= 0.6 is 0 Å². The van der Waals surface area contributed by atoms with Gasteiger partial charge in [0.15, 0.2) is 0 Å². The Morgan fingerprint density at radius 1 is 1.14 bits per heavy atom. The largest absolute Gasteiger partial charge is 0.508 e. The van der Waals surface area contributed by atoms with E-state index in [4.69, 9.17) is 10.5 Å². The van der Waals surface area contributed by atoms with E-state index in [0.29, 0.717) is 24.8 Å². The van der Waals surface area contributed by atoms with Crippen LogP contribution in [0, 0.1) is 0 Å². The van der Waals surface area contributed by atoms with Gasteiger partial charge in [0.05, 0.1) is 0 Å². The maximum absolute atomic E-state index is 9.64. The molecule has 0 radical (unpaired) electrons. The number of aromatic hydroxyl groups is 1. The van der Waals surface area contributed by atoms with Gasteiger partial charge in [0.2, 0.25) is 0 Å². The molecule has 3 rings (SSSR count). The van der Waals surface area contributed by atoms with Crippen LogP contribution in [0.3, 0.4) is 0 Å². The summed E-state index contributed by atoms with van der Waals surface area (Å²) in [5.74, 6) is 1.64. The number of phenolic OH excluding ortho intramolecular Hbond substituents is 1. The Morgan fingerprint density at radius 2 is 1.95 bits per heavy atom. The summed E-state index contributed by atoms with van der Waals surface area (Å²) in [6, 6.07) is 14.1. The minimum atomic E-state index is 0.361. The summed E-state index contributed by atoms with van der Waals surface area (Å²) >= 11 is 0. The summed E-state index contributed by atoms with van der Waals surface area (Å²) < 4.78 is 5.52. The SMILES string of the molecule is NCCOc1ccc(C2CCCc3cc(O)ccc32)cc1. The zero-order valence-corrected chi connectivity index (χ0v) is 12.1. The number of nitrogens with two attached hydrogens (primary N) is 1. The van der Waals surface area contributed by atoms with Gasteiger partial charge in [0, 0.05) is 12.5 Å². The molecule has 0 fully saturated rings. The van der Waals surface area contributed by atoms with Crippen molar-refractivity contribution in [1.29, 1.82) is 0 Å². The first-order valence-corrected chi connectivity index (χ1v) is 7.52. The molecule has 1 aliphatic carbocycles. The van der Waals surface area contributed by atoms with Crippen molar-refractivity contribution in [3.05, 3.63) is 59.2 Å². The summed E-state index contributed by atoms with van der Waals surface area (Å²) in [6.07, 6.45) is 3.37. The van der Waals surface area contributed by atoms with E-state index in [2.05, 4.69) is 18.2 Å². The van der Waals surface area contributed by atoms with Crippen LogP contribution in [0.15, 0.2) is 42.5 Å². The predicted octanol–water partition coefficient (Wildman–Crippen LogP) is 3.20. The molecule has 3 heteroatoms. The number of ether oxygens (including phenoxy) is 1. The molecule has 0 aromatic heterocycles. The number of aryl methyl sites for hydroxylation is 1. The van der Waals surface area contributed by atoms with Crippen LogP contribution in [0.1, 0.15) is 35.4 Å². The van der Waals surface area contributed by atoms with Crippen molar-refractivity contribution >= 4 is 0 Å². The molecule has 0 aliphatic heterocycles. The van der Waals surface area contributed by atoms with E-state index in [1.165, 1.54) is 16.7 Å². The lowest BCUT2D eigenvalue weighted by molar-refractivity contribution is 0.328. The van der Waals surface area contributed by atoms with Crippen molar-refractivity contribution in [2.45, 2.75) is 25.2 Å². The van der Waals surface area contributed by atoms with Gasteiger partial charge in [-0.1, -0.05) is 18.2 Å². The third-order valence-electron chi connectivity index (χ3n) is 4.11. The van der Waals surface area contributed by atoms with Gasteiger partial charge < -0.3 is 15.6 Å². The Hall–Kier alpha value is -2.00. The van der Waals surface area contributed by atoms with Crippen molar-refractivity contribution in [3.63, 3.8) is 0 Å². The highest BCUT2D eigenvalue weighted by Gasteiger charge is 2.21. The first-order valence-electron chi connectivity index (χ1n) is 7.52. The normalized spacial score (nSPS) is 17.3. The molecule has 0 heterocycles. The molecule has 0 saturated heterocycles. The Bertz CT molecular complexity index is 607. The zero-order valence-electron chi connectivity index (χ0n) is 12.1. The first-order chi connectivity index (χ1) is 10.3. The molecule has 21 heavy (non-hydrogen) atoms. The van der Waals surface area contributed by atoms with E-state index in [1.54, 1.807) is 6.07 Å². The zero-order chi connectivity index (χ0) is 14.7. The lowest BCUT2D eigenvalue weighted by atomic mass is 9.79. The van der Waals surface area contributed by atoms with E-state index in [1.807, 2.05) is 18.2 Å². The maximum atomic E-state index is 9.64. The van der Waals surface area contributed by atoms with Gasteiger partial charge in [-0.3, -0.25) is 0 Å². The molecule has 0 saturated carbocycles. The second kappa shape index (κ2) is 6.19. The van der Waals surface area contributed by atoms with E-state index in [9.17, 15) is 5.11 Å². The molecule has 2 aromatic carbocycles. The fraction of sp³-hybridized carbons (Fsp3) is 0.333. The Kier molecular flexibility index (Phi) is 4.11. The fourth-order valence-corrected chi connectivity index (χ4v) is 3.12. The van der Waals surface area contributed by atoms with E-state index in [-0.39, 0.29) is 0 Å². The van der Waals surface area contributed by atoms with Gasteiger partial charge in [-0.15, -0.1) is 0 Å². The number of fused-ring (bicyclic) bond motifs is 1. The quantitative estimate of drug-likeness (QED) is 0.906. The second-order valence-corrected chi connectivity index (χ2v) is 5.53. The van der Waals surface area contributed by atoms with E-state index < -0.39 is 0 Å². The minimum Gasteiger partial charge on any atom is -0.508 e. The smallest absolute Gasteiger partial charge is 0.119 e. The van der Waals surface area contributed by atoms with Crippen LogP contribution in [0.25, 0.3) is 0 Å². The lowest BCUT2D eigenvalue weighted by Crippen LogP contribution is -2.12. The average Bonchev–Trinajstić information content (AvgIpc) is 2.52. The Balaban J connectivity index is 1.85. The van der Waals surface area contributed by atoms with Crippen LogP contribution < -0.4 is 10.5 Å². The summed E-state index contributed by atoms with van der Waals surface area (Å²) in [4.78, 5) is 0. The van der Waals surface area contributed by atoms with Crippen molar-refractivity contribution in [1.82, 2.24) is 0 Å². The van der Waals surface area contributed by atoms with Crippen LogP contribution in [-0.2, 0) is 6.42 Å². The monoisotopic (exact) mass is 283 g/mol. The first kappa shape index (κ1) is 14.0. The lowest BCUT2D eigenvalue weighted by Gasteiger charge is -2.26. The fourth-order valence-electron chi connectivity index (χ4n) is 3.12. The van der Waals surface area contributed by atoms with Crippen LogP contribution in [0.2, 0.25) is 0 Å². The number of hydrogen-bond donors (Lipinski definition) is 2. The average molecular weight is 283 g/mol. The molecule has 0 amide bonds. The maximum Gasteiger partial charge on any atom is 0.119 e. The van der Waals surface area contributed by atoms with Gasteiger partial charge in [0.25, 0.3) is 0 Å². The number of benzene rings is 2. The second-order valence-electron chi connectivity index (χ2n) is 5.53. The van der Waals surface area contributed by atoms with Gasteiger partial charge >= 0.3 is 0 Å². The van der Waals surface area contributed by atoms with Crippen LogP contribution in [-0.4, -0.2) is 18.3 Å². The van der Waals surface area contributed by atoms with Crippen LogP contribution in [0.5, 0.6) is 11.5 Å². The molecule has 1 unspecified atom stereocenters. The third-order valence-corrected chi connectivity index (χ3v) is 4.11. The predicted molar refractivity (Wildman–Crippen MR) is 83.9 cm³/mol. The highest BCUT2D eigenvalue weighted by atomic mass is 16.5. The van der Waals surface area contributed by atoms with Crippen molar-refractivity contribution in [3.8, 4) is 11.5 Å². The highest BCUT2D eigenvalue weighted by Crippen LogP contribution is 2.38. The van der Waals surface area contributed by atoms with Gasteiger partial charge in [-0.05, 0) is 60.2 Å². The molecular weight excluding hydrogens is 262 g/mol. The van der Waals surface area contributed by atoms with Crippen molar-refractivity contribution in [2.75, 3.05) is 13.2 Å². The van der Waals surface area contributed by atoms with Gasteiger partial charge in [0.1, 0.15) is 18.1 Å². The molecule has 0 bridgehead atoms. The number of hydrogen-bond acceptors (Lipinski definition) is 3. The van der Waals surface area contributed by atoms with Crippen molar-refractivity contribution in [2.24, 2.45) is 5.73 Å². The third kappa shape index (κ3) is 3.03. The summed E-state index contributed by atoms with van der Waals surface area (Å²) in [6.45, 7) is 1.08. The Morgan fingerprint density at radius 3 is 2.71 bits per heavy atom. The summed E-state index contributed by atoms with van der Waals surface area (Å²) in [7, 11) is 0. The molecule has 3 nitrogen and oxygen atoms in total. The number of phenols is 1. The minimum absolute atomic E-state index is 0.361. The summed E-state index contributed by atoms with van der Waals surface area (Å²) in [5.41, 5.74) is 9.37. The van der Waals surface area contributed by atoms with E-state index in [0.717, 1.165) is 25.0 Å². The van der Waals surface area contributed by atoms with E-state index >= 15 is 0 Å². The molecule has 2 aromatic rings. The van der Waals surface area contributed by atoms with Gasteiger partial charge in [-0.25, -0.2) is 0 Å². The topological polar surface area (TPSA) is 55.5 Å². The molecule has 110 valence electrons. The molecule has 1 atom stereocenters. The Labute approximate surface area is 125 Å². The summed E-state index contributed by atoms with van der Waals surface area (Å²) in [5, 5.41) is 9.64. The molecule has 3 N–H and O–H groups in total. The standard InChI is InChI=1S/C18H21NO2/c19-10-11-21-16-7-4-13(5-8-16)17-3-1-2-14-12-15(20)6-9-18(14)17/h4-9,12,17,20H,1-3,10-11,19H2. The molecule has 0 spiro atoms.